The molecule has 0 unspecified atom stereocenters. The Kier molecular flexibility index (Phi) is 5.09. The van der Waals surface area contributed by atoms with Crippen molar-refractivity contribution >= 4 is 17.3 Å². The number of benzene rings is 2. The van der Waals surface area contributed by atoms with E-state index in [0.717, 1.165) is 16.9 Å². The predicted molar refractivity (Wildman–Crippen MR) is 101 cm³/mol. The second-order valence-electron chi connectivity index (χ2n) is 6.09. The van der Waals surface area contributed by atoms with Crippen LogP contribution in [0.2, 0.25) is 0 Å². The lowest BCUT2D eigenvalue weighted by Crippen LogP contribution is -2.23. The SMILES string of the molecule is Cc1ccc(CNC(=O)c2cc(Nc3ccc(C)cc3)ccn2)cc1. The molecule has 0 radical (unpaired) electrons. The molecule has 1 heterocycles. The molecule has 0 spiro atoms. The number of aromatic nitrogens is 1. The van der Waals surface area contributed by atoms with Crippen LogP contribution >= 0.6 is 0 Å². The van der Waals surface area contributed by atoms with E-state index in [0.29, 0.717) is 12.2 Å². The van der Waals surface area contributed by atoms with Gasteiger partial charge >= 0.3 is 0 Å². The number of rotatable bonds is 5. The zero-order chi connectivity index (χ0) is 17.6. The fraction of sp³-hybridized carbons (Fsp3) is 0.143. The molecule has 0 bridgehead atoms. The van der Waals surface area contributed by atoms with E-state index in [1.54, 1.807) is 12.3 Å². The molecule has 0 atom stereocenters. The number of aryl methyl sites for hydroxylation is 2. The number of nitrogens with zero attached hydrogens (tertiary/aromatic N) is 1. The fourth-order valence-corrected chi connectivity index (χ4v) is 2.41. The highest BCUT2D eigenvalue weighted by Crippen LogP contribution is 2.17. The Morgan fingerprint density at radius 2 is 1.52 bits per heavy atom. The molecule has 0 aliphatic heterocycles. The predicted octanol–water partition coefficient (Wildman–Crippen LogP) is 4.37. The van der Waals surface area contributed by atoms with Gasteiger partial charge in [-0.05, 0) is 43.7 Å². The van der Waals surface area contributed by atoms with E-state index in [-0.39, 0.29) is 5.91 Å². The topological polar surface area (TPSA) is 54.0 Å². The van der Waals surface area contributed by atoms with Crippen LogP contribution in [0.25, 0.3) is 0 Å². The molecule has 0 aliphatic carbocycles. The Hall–Kier alpha value is -3.14. The molecule has 4 nitrogen and oxygen atoms in total. The van der Waals surface area contributed by atoms with Crippen LogP contribution in [0.15, 0.2) is 66.9 Å². The summed E-state index contributed by atoms with van der Waals surface area (Å²) >= 11 is 0. The van der Waals surface area contributed by atoms with Crippen molar-refractivity contribution in [1.29, 1.82) is 0 Å². The van der Waals surface area contributed by atoms with Gasteiger partial charge in [0.1, 0.15) is 5.69 Å². The quantitative estimate of drug-likeness (QED) is 0.730. The Balaban J connectivity index is 1.64. The van der Waals surface area contributed by atoms with Crippen molar-refractivity contribution in [2.45, 2.75) is 20.4 Å². The summed E-state index contributed by atoms with van der Waals surface area (Å²) in [5, 5.41) is 6.19. The highest BCUT2D eigenvalue weighted by atomic mass is 16.1. The average Bonchev–Trinajstić information content (AvgIpc) is 2.63. The number of pyridine rings is 1. The molecule has 3 rings (SSSR count). The van der Waals surface area contributed by atoms with Crippen LogP contribution in [0.1, 0.15) is 27.2 Å². The summed E-state index contributed by atoms with van der Waals surface area (Å²) in [6, 6.07) is 19.8. The van der Waals surface area contributed by atoms with Crippen molar-refractivity contribution in [2.75, 3.05) is 5.32 Å². The number of amides is 1. The van der Waals surface area contributed by atoms with E-state index in [2.05, 4.69) is 15.6 Å². The lowest BCUT2D eigenvalue weighted by Gasteiger charge is -2.09. The monoisotopic (exact) mass is 331 g/mol. The first-order valence-corrected chi connectivity index (χ1v) is 8.24. The molecular weight excluding hydrogens is 310 g/mol. The molecule has 0 saturated heterocycles. The van der Waals surface area contributed by atoms with Crippen LogP contribution in [-0.2, 0) is 6.54 Å². The molecule has 1 aromatic heterocycles. The number of carbonyl (C=O) groups excluding carboxylic acids is 1. The first-order valence-electron chi connectivity index (χ1n) is 8.24. The van der Waals surface area contributed by atoms with Crippen LogP contribution in [-0.4, -0.2) is 10.9 Å². The second-order valence-corrected chi connectivity index (χ2v) is 6.09. The van der Waals surface area contributed by atoms with Gasteiger partial charge in [-0.1, -0.05) is 47.5 Å². The summed E-state index contributed by atoms with van der Waals surface area (Å²) in [7, 11) is 0. The highest BCUT2D eigenvalue weighted by Gasteiger charge is 2.08. The van der Waals surface area contributed by atoms with Crippen molar-refractivity contribution in [3.8, 4) is 0 Å². The molecule has 2 aromatic carbocycles. The second kappa shape index (κ2) is 7.62. The van der Waals surface area contributed by atoms with Gasteiger partial charge in [0, 0.05) is 24.1 Å². The molecule has 4 heteroatoms. The average molecular weight is 331 g/mol. The van der Waals surface area contributed by atoms with Crippen molar-refractivity contribution < 1.29 is 4.79 Å². The first kappa shape index (κ1) is 16.7. The van der Waals surface area contributed by atoms with Crippen LogP contribution in [0, 0.1) is 13.8 Å². The maximum absolute atomic E-state index is 12.3. The smallest absolute Gasteiger partial charge is 0.270 e. The summed E-state index contributed by atoms with van der Waals surface area (Å²) in [6.07, 6.45) is 1.64. The van der Waals surface area contributed by atoms with Gasteiger partial charge in [-0.25, -0.2) is 0 Å². The van der Waals surface area contributed by atoms with Crippen LogP contribution in [0.4, 0.5) is 11.4 Å². The van der Waals surface area contributed by atoms with Crippen molar-refractivity contribution in [2.24, 2.45) is 0 Å². The summed E-state index contributed by atoms with van der Waals surface area (Å²) in [5.74, 6) is -0.187. The molecule has 25 heavy (non-hydrogen) atoms. The van der Waals surface area contributed by atoms with E-state index in [1.807, 2.05) is 68.4 Å². The van der Waals surface area contributed by atoms with Gasteiger partial charge in [0.25, 0.3) is 5.91 Å². The van der Waals surface area contributed by atoms with E-state index in [4.69, 9.17) is 0 Å². The Morgan fingerprint density at radius 1 is 0.880 bits per heavy atom. The van der Waals surface area contributed by atoms with E-state index in [9.17, 15) is 4.79 Å². The minimum atomic E-state index is -0.187. The van der Waals surface area contributed by atoms with E-state index in [1.165, 1.54) is 11.1 Å². The molecule has 0 aliphatic rings. The maximum Gasteiger partial charge on any atom is 0.270 e. The highest BCUT2D eigenvalue weighted by molar-refractivity contribution is 5.93. The van der Waals surface area contributed by atoms with Crippen LogP contribution in [0.5, 0.6) is 0 Å². The van der Waals surface area contributed by atoms with Gasteiger partial charge in [-0.15, -0.1) is 0 Å². The molecule has 126 valence electrons. The minimum absolute atomic E-state index is 0.187. The molecular formula is C21H21N3O. The number of hydrogen-bond donors (Lipinski definition) is 2. The van der Waals surface area contributed by atoms with Gasteiger partial charge < -0.3 is 10.6 Å². The standard InChI is InChI=1S/C21H21N3O/c1-15-3-7-17(8-4-15)14-23-21(25)20-13-19(11-12-22-20)24-18-9-5-16(2)6-10-18/h3-13H,14H2,1-2H3,(H,22,24)(H,23,25). The Bertz CT molecular complexity index is 855. The van der Waals surface area contributed by atoms with E-state index >= 15 is 0 Å². The molecule has 3 aromatic rings. The zero-order valence-electron chi connectivity index (χ0n) is 14.4. The number of anilines is 2. The van der Waals surface area contributed by atoms with Crippen molar-refractivity contribution in [3.05, 3.63) is 89.2 Å². The number of carbonyl (C=O) groups is 1. The van der Waals surface area contributed by atoms with Gasteiger partial charge in [0.05, 0.1) is 0 Å². The third-order valence-electron chi connectivity index (χ3n) is 3.91. The minimum Gasteiger partial charge on any atom is -0.355 e. The maximum atomic E-state index is 12.3. The van der Waals surface area contributed by atoms with Gasteiger partial charge in [-0.2, -0.15) is 0 Å². The van der Waals surface area contributed by atoms with Crippen LogP contribution < -0.4 is 10.6 Å². The molecule has 1 amide bonds. The van der Waals surface area contributed by atoms with Gasteiger partial charge in [-0.3, -0.25) is 9.78 Å². The summed E-state index contributed by atoms with van der Waals surface area (Å²) in [4.78, 5) is 16.5. The Labute approximate surface area is 147 Å². The normalized spacial score (nSPS) is 10.3. The summed E-state index contributed by atoms with van der Waals surface area (Å²) in [6.45, 7) is 4.57. The molecule has 2 N–H and O–H groups in total. The fourth-order valence-electron chi connectivity index (χ4n) is 2.41. The third-order valence-corrected chi connectivity index (χ3v) is 3.91. The number of nitrogens with one attached hydrogen (secondary N) is 2. The van der Waals surface area contributed by atoms with Gasteiger partial charge in [0.2, 0.25) is 0 Å². The Morgan fingerprint density at radius 3 is 2.20 bits per heavy atom. The van der Waals surface area contributed by atoms with Gasteiger partial charge in [0.15, 0.2) is 0 Å². The summed E-state index contributed by atoms with van der Waals surface area (Å²) < 4.78 is 0. The largest absolute Gasteiger partial charge is 0.355 e. The van der Waals surface area contributed by atoms with Crippen molar-refractivity contribution in [3.63, 3.8) is 0 Å². The van der Waals surface area contributed by atoms with Crippen molar-refractivity contribution in [1.82, 2.24) is 10.3 Å². The summed E-state index contributed by atoms with van der Waals surface area (Å²) in [5.41, 5.74) is 5.67. The lowest BCUT2D eigenvalue weighted by molar-refractivity contribution is 0.0946. The van der Waals surface area contributed by atoms with Crippen LogP contribution in [0.3, 0.4) is 0 Å². The molecule has 0 saturated carbocycles. The lowest BCUT2D eigenvalue weighted by atomic mass is 10.1. The molecule has 0 fully saturated rings. The first-order chi connectivity index (χ1) is 12.1. The van der Waals surface area contributed by atoms with E-state index < -0.39 is 0 Å². The third kappa shape index (κ3) is 4.67. The number of hydrogen-bond acceptors (Lipinski definition) is 3. The zero-order valence-corrected chi connectivity index (χ0v) is 14.4.